The second-order valence-corrected chi connectivity index (χ2v) is 9.03. The number of pyridine rings is 2. The van der Waals surface area contributed by atoms with E-state index in [-0.39, 0.29) is 0 Å². The van der Waals surface area contributed by atoms with Gasteiger partial charge in [0.15, 0.2) is 0 Å². The van der Waals surface area contributed by atoms with Gasteiger partial charge in [-0.15, -0.1) is 23.1 Å². The van der Waals surface area contributed by atoms with Crippen molar-refractivity contribution < 1.29 is 0 Å². The predicted octanol–water partition coefficient (Wildman–Crippen LogP) is 6.37. The van der Waals surface area contributed by atoms with Crippen molar-refractivity contribution in [1.82, 2.24) is 9.97 Å². The van der Waals surface area contributed by atoms with Crippen LogP contribution in [-0.2, 0) is 0 Å². The van der Waals surface area contributed by atoms with Gasteiger partial charge in [-0.25, -0.2) is 4.98 Å². The van der Waals surface area contributed by atoms with Crippen LogP contribution >= 0.6 is 23.1 Å². The first-order valence-corrected chi connectivity index (χ1v) is 11.3. The Bertz CT molecular complexity index is 1180. The van der Waals surface area contributed by atoms with Gasteiger partial charge in [0.2, 0.25) is 0 Å². The summed E-state index contributed by atoms with van der Waals surface area (Å²) in [6.07, 6.45) is 5.91. The monoisotopic (exact) mass is 416 g/mol. The van der Waals surface area contributed by atoms with Crippen molar-refractivity contribution in [2.75, 3.05) is 11.5 Å². The lowest BCUT2D eigenvalue weighted by atomic mass is 9.99. The summed E-state index contributed by atoms with van der Waals surface area (Å²) in [4.78, 5) is 10.1. The molecule has 144 valence electrons. The fraction of sp³-hybridized carbons (Fsp3) is 0.174. The molecule has 0 aliphatic heterocycles. The van der Waals surface area contributed by atoms with Gasteiger partial charge in [0.25, 0.3) is 0 Å². The highest BCUT2D eigenvalue weighted by Crippen LogP contribution is 2.45. The lowest BCUT2D eigenvalue weighted by Gasteiger charge is -2.09. The lowest BCUT2D eigenvalue weighted by molar-refractivity contribution is 0.897. The number of benzene rings is 1. The first-order chi connectivity index (χ1) is 14.2. The summed E-state index contributed by atoms with van der Waals surface area (Å²) in [7, 11) is 0. The largest absolute Gasteiger partial charge is 0.397 e. The minimum absolute atomic E-state index is 0.639. The molecule has 4 aromatic rings. The van der Waals surface area contributed by atoms with Gasteiger partial charge in [0.05, 0.1) is 27.2 Å². The summed E-state index contributed by atoms with van der Waals surface area (Å²) in [5.74, 6) is 1.05. The Labute approximate surface area is 178 Å². The van der Waals surface area contributed by atoms with E-state index in [1.807, 2.05) is 54.4 Å². The third-order valence-corrected chi connectivity index (χ3v) is 7.15. The van der Waals surface area contributed by atoms with Crippen molar-refractivity contribution in [2.45, 2.75) is 24.0 Å². The van der Waals surface area contributed by atoms with Crippen LogP contribution in [0.2, 0.25) is 0 Å². The second-order valence-electron chi connectivity index (χ2n) is 6.67. The number of fused-ring (bicyclic) bond motifs is 1. The molecule has 2 N–H and O–H groups in total. The topological polar surface area (TPSA) is 75.6 Å². The van der Waals surface area contributed by atoms with Gasteiger partial charge in [-0.05, 0) is 53.6 Å². The number of rotatable bonds is 6. The van der Waals surface area contributed by atoms with E-state index < -0.39 is 0 Å². The average molecular weight is 417 g/mol. The van der Waals surface area contributed by atoms with E-state index in [1.54, 1.807) is 17.5 Å². The van der Waals surface area contributed by atoms with Crippen molar-refractivity contribution >= 4 is 39.0 Å². The third kappa shape index (κ3) is 3.98. The fourth-order valence-electron chi connectivity index (χ4n) is 3.13. The van der Waals surface area contributed by atoms with Gasteiger partial charge in [0, 0.05) is 23.3 Å². The number of hydrogen-bond acceptors (Lipinski definition) is 6. The first-order valence-electron chi connectivity index (χ1n) is 9.48. The van der Waals surface area contributed by atoms with E-state index in [4.69, 9.17) is 16.0 Å². The summed E-state index contributed by atoms with van der Waals surface area (Å²) < 4.78 is 1.12. The Kier molecular flexibility index (Phi) is 5.79. The summed E-state index contributed by atoms with van der Waals surface area (Å²) in [6.45, 7) is 2.19. The van der Waals surface area contributed by atoms with Crippen molar-refractivity contribution in [1.29, 1.82) is 5.26 Å². The fourth-order valence-corrected chi connectivity index (χ4v) is 5.58. The number of nitrogen functional groups attached to an aromatic ring is 1. The predicted molar refractivity (Wildman–Crippen MR) is 123 cm³/mol. The van der Waals surface area contributed by atoms with Crippen LogP contribution in [0, 0.1) is 11.3 Å². The third-order valence-electron chi connectivity index (χ3n) is 4.68. The smallest absolute Gasteiger partial charge is 0.127 e. The number of nitriles is 1. The minimum Gasteiger partial charge on any atom is -0.397 e. The van der Waals surface area contributed by atoms with Crippen molar-refractivity contribution in [3.63, 3.8) is 0 Å². The Hall–Kier alpha value is -2.88. The second kappa shape index (κ2) is 8.64. The van der Waals surface area contributed by atoms with Gasteiger partial charge in [-0.1, -0.05) is 25.5 Å². The molecule has 1 aromatic carbocycles. The van der Waals surface area contributed by atoms with Crippen LogP contribution in [0.4, 0.5) is 5.69 Å². The summed E-state index contributed by atoms with van der Waals surface area (Å²) in [5.41, 5.74) is 11.9. The zero-order chi connectivity index (χ0) is 20.2. The van der Waals surface area contributed by atoms with Gasteiger partial charge in [-0.2, -0.15) is 5.26 Å². The van der Waals surface area contributed by atoms with E-state index in [1.165, 1.54) is 0 Å². The molecule has 3 heterocycles. The van der Waals surface area contributed by atoms with Crippen molar-refractivity contribution in [2.24, 2.45) is 0 Å². The first kappa shape index (κ1) is 19.4. The number of nitrogens with zero attached hydrogens (tertiary/aromatic N) is 3. The molecule has 0 aliphatic carbocycles. The Morgan fingerprint density at radius 1 is 1.17 bits per heavy atom. The molecule has 0 amide bonds. The normalized spacial score (nSPS) is 10.9. The van der Waals surface area contributed by atoms with Crippen LogP contribution in [0.5, 0.6) is 0 Å². The molecule has 0 radical (unpaired) electrons. The molecule has 4 rings (SSSR count). The maximum atomic E-state index is 9.13. The zero-order valence-corrected chi connectivity index (χ0v) is 17.7. The Balaban J connectivity index is 1.90. The average Bonchev–Trinajstić information content (AvgIpc) is 3.09. The van der Waals surface area contributed by atoms with Crippen LogP contribution in [0.25, 0.3) is 32.6 Å². The van der Waals surface area contributed by atoms with Crippen LogP contribution in [0.15, 0.2) is 59.1 Å². The lowest BCUT2D eigenvalue weighted by Crippen LogP contribution is -1.91. The molecule has 0 aliphatic rings. The summed E-state index contributed by atoms with van der Waals surface area (Å²) in [6, 6.07) is 15.8. The van der Waals surface area contributed by atoms with Gasteiger partial charge in [0.1, 0.15) is 4.83 Å². The molecule has 0 saturated heterocycles. The number of hydrogen-bond donors (Lipinski definition) is 1. The van der Waals surface area contributed by atoms with E-state index >= 15 is 0 Å². The Morgan fingerprint density at radius 3 is 2.69 bits per heavy atom. The molecule has 0 unspecified atom stereocenters. The summed E-state index contributed by atoms with van der Waals surface area (Å²) in [5, 5.41) is 10.1. The number of anilines is 1. The number of thioether (sulfide) groups is 1. The maximum absolute atomic E-state index is 9.13. The van der Waals surface area contributed by atoms with Crippen LogP contribution in [0.3, 0.4) is 0 Å². The van der Waals surface area contributed by atoms with Crippen LogP contribution in [-0.4, -0.2) is 15.7 Å². The van der Waals surface area contributed by atoms with Crippen LogP contribution in [0.1, 0.15) is 25.3 Å². The van der Waals surface area contributed by atoms with Crippen LogP contribution < -0.4 is 5.73 Å². The molecular formula is C23H20N4S2. The highest BCUT2D eigenvalue weighted by molar-refractivity contribution is 8.01. The highest BCUT2D eigenvalue weighted by Gasteiger charge is 2.18. The van der Waals surface area contributed by atoms with E-state index in [2.05, 4.69) is 24.0 Å². The molecule has 0 spiro atoms. The van der Waals surface area contributed by atoms with E-state index in [0.717, 1.165) is 61.1 Å². The Morgan fingerprint density at radius 2 is 2.00 bits per heavy atom. The molecular weight excluding hydrogens is 396 g/mol. The summed E-state index contributed by atoms with van der Waals surface area (Å²) >= 11 is 3.46. The number of unbranched alkanes of at least 4 members (excludes halogenated alkanes) is 1. The molecule has 0 fully saturated rings. The van der Waals surface area contributed by atoms with E-state index in [0.29, 0.717) is 5.56 Å². The molecule has 3 aromatic heterocycles. The maximum Gasteiger partial charge on any atom is 0.127 e. The molecule has 0 saturated carbocycles. The van der Waals surface area contributed by atoms with Crippen molar-refractivity contribution in [3.8, 4) is 28.5 Å². The number of aromatic nitrogens is 2. The molecule has 6 heteroatoms. The van der Waals surface area contributed by atoms with Crippen molar-refractivity contribution in [3.05, 3.63) is 60.4 Å². The number of thiophene rings is 1. The minimum atomic E-state index is 0.639. The quantitative estimate of drug-likeness (QED) is 0.292. The highest BCUT2D eigenvalue weighted by atomic mass is 32.2. The molecule has 4 nitrogen and oxygen atoms in total. The van der Waals surface area contributed by atoms with E-state index in [9.17, 15) is 0 Å². The van der Waals surface area contributed by atoms with Gasteiger partial charge >= 0.3 is 0 Å². The standard InChI is InChI=1S/C23H20N4S2/c1-2-3-11-28-23-21(25)20-18(16-8-6-15(13-24)7-9-16)12-19(27-22(20)29-23)17-5-4-10-26-14-17/h4-10,12,14H,2-3,11,25H2,1H3. The van der Waals surface area contributed by atoms with Gasteiger partial charge in [-0.3, -0.25) is 4.98 Å². The molecule has 29 heavy (non-hydrogen) atoms. The molecule has 0 bridgehead atoms. The molecule has 0 atom stereocenters. The number of nitrogens with two attached hydrogens (primary N) is 1. The van der Waals surface area contributed by atoms with Gasteiger partial charge < -0.3 is 5.73 Å². The SMILES string of the molecule is CCCCSc1sc2nc(-c3cccnc3)cc(-c3ccc(C#N)cc3)c2c1N. The zero-order valence-electron chi connectivity index (χ0n) is 16.1.